The molecule has 0 unspecified atom stereocenters. The first-order valence-electron chi connectivity index (χ1n) is 7.82. The van der Waals surface area contributed by atoms with E-state index in [2.05, 4.69) is 10.3 Å². The smallest absolute Gasteiger partial charge is 0.340 e. The van der Waals surface area contributed by atoms with E-state index >= 15 is 0 Å². The van der Waals surface area contributed by atoms with Crippen molar-refractivity contribution < 1.29 is 14.3 Å². The van der Waals surface area contributed by atoms with Gasteiger partial charge in [0.2, 0.25) is 0 Å². The molecular formula is C19H17ClN2O3. The van der Waals surface area contributed by atoms with Crippen molar-refractivity contribution in [1.29, 1.82) is 0 Å². The molecule has 1 aromatic heterocycles. The van der Waals surface area contributed by atoms with E-state index in [0.717, 1.165) is 16.5 Å². The number of aromatic nitrogens is 1. The van der Waals surface area contributed by atoms with E-state index in [1.807, 2.05) is 43.3 Å². The van der Waals surface area contributed by atoms with E-state index in [1.165, 1.54) is 0 Å². The average Bonchev–Trinajstić information content (AvgIpc) is 3.04. The molecule has 1 heterocycles. The highest BCUT2D eigenvalue weighted by Gasteiger charge is 2.16. The lowest BCUT2D eigenvalue weighted by Crippen LogP contribution is -2.31. The van der Waals surface area contributed by atoms with Crippen LogP contribution in [0.5, 0.6) is 0 Å². The van der Waals surface area contributed by atoms with Gasteiger partial charge < -0.3 is 15.0 Å². The Kier molecular flexibility index (Phi) is 5.05. The van der Waals surface area contributed by atoms with Gasteiger partial charge in [0.25, 0.3) is 5.91 Å². The fraction of sp³-hybridized carbons (Fsp3) is 0.158. The van der Waals surface area contributed by atoms with Crippen LogP contribution in [0.4, 0.5) is 0 Å². The van der Waals surface area contributed by atoms with Gasteiger partial charge in [0.15, 0.2) is 6.61 Å². The largest absolute Gasteiger partial charge is 0.452 e. The maximum Gasteiger partial charge on any atom is 0.340 e. The van der Waals surface area contributed by atoms with Gasteiger partial charge in [-0.25, -0.2) is 4.79 Å². The number of para-hydroxylation sites is 1. The fourth-order valence-electron chi connectivity index (χ4n) is 2.59. The monoisotopic (exact) mass is 356 g/mol. The second-order valence-electron chi connectivity index (χ2n) is 5.67. The molecule has 25 heavy (non-hydrogen) atoms. The molecule has 2 aromatic carbocycles. The summed E-state index contributed by atoms with van der Waals surface area (Å²) in [5.74, 6) is -0.913. The zero-order chi connectivity index (χ0) is 17.8. The summed E-state index contributed by atoms with van der Waals surface area (Å²) in [6.07, 6.45) is 1.58. The standard InChI is InChI=1S/C19H17ClN2O3/c1-12(13-5-4-6-14(20)9-13)22-18(23)11-25-19(24)16-10-21-17-8-3-2-7-15(16)17/h2-10,12,21H,11H2,1H3,(H,22,23)/t12-/m0/s1. The van der Waals surface area contributed by atoms with Crippen LogP contribution >= 0.6 is 11.6 Å². The second-order valence-corrected chi connectivity index (χ2v) is 6.10. The second kappa shape index (κ2) is 7.40. The number of benzene rings is 2. The Labute approximate surface area is 149 Å². The lowest BCUT2D eigenvalue weighted by atomic mass is 10.1. The van der Waals surface area contributed by atoms with Crippen molar-refractivity contribution in [3.05, 3.63) is 70.9 Å². The molecule has 3 rings (SSSR count). The van der Waals surface area contributed by atoms with Crippen LogP contribution in [-0.4, -0.2) is 23.5 Å². The van der Waals surface area contributed by atoms with Gasteiger partial charge in [-0.15, -0.1) is 0 Å². The summed E-state index contributed by atoms with van der Waals surface area (Å²) < 4.78 is 5.12. The molecule has 0 saturated carbocycles. The van der Waals surface area contributed by atoms with Gasteiger partial charge in [-0.2, -0.15) is 0 Å². The molecule has 1 atom stereocenters. The maximum atomic E-state index is 12.2. The normalized spacial score (nSPS) is 11.9. The van der Waals surface area contributed by atoms with Gasteiger partial charge in [-0.3, -0.25) is 4.79 Å². The third kappa shape index (κ3) is 4.00. The summed E-state index contributed by atoms with van der Waals surface area (Å²) in [6, 6.07) is 14.4. The quantitative estimate of drug-likeness (QED) is 0.682. The molecule has 0 bridgehead atoms. The van der Waals surface area contributed by atoms with Crippen LogP contribution in [0.1, 0.15) is 28.9 Å². The van der Waals surface area contributed by atoms with E-state index in [9.17, 15) is 9.59 Å². The van der Waals surface area contributed by atoms with Crippen LogP contribution in [0.15, 0.2) is 54.7 Å². The topological polar surface area (TPSA) is 71.2 Å². The molecule has 1 amide bonds. The number of H-pyrrole nitrogens is 1. The van der Waals surface area contributed by atoms with Crippen molar-refractivity contribution in [2.75, 3.05) is 6.61 Å². The molecule has 0 saturated heterocycles. The van der Waals surface area contributed by atoms with Crippen molar-refractivity contribution in [2.24, 2.45) is 0 Å². The van der Waals surface area contributed by atoms with E-state index in [-0.39, 0.29) is 18.6 Å². The van der Waals surface area contributed by atoms with E-state index in [0.29, 0.717) is 10.6 Å². The molecule has 0 aliphatic rings. The maximum absolute atomic E-state index is 12.2. The molecule has 0 aliphatic heterocycles. The lowest BCUT2D eigenvalue weighted by Gasteiger charge is -2.14. The molecule has 0 radical (unpaired) electrons. The summed E-state index contributed by atoms with van der Waals surface area (Å²) in [4.78, 5) is 27.2. The summed E-state index contributed by atoms with van der Waals surface area (Å²) in [6.45, 7) is 1.49. The van der Waals surface area contributed by atoms with Crippen LogP contribution in [0, 0.1) is 0 Å². The lowest BCUT2D eigenvalue weighted by molar-refractivity contribution is -0.124. The van der Waals surface area contributed by atoms with E-state index in [4.69, 9.17) is 16.3 Å². The Morgan fingerprint density at radius 2 is 2.00 bits per heavy atom. The number of nitrogens with one attached hydrogen (secondary N) is 2. The number of halogens is 1. The predicted octanol–water partition coefficient (Wildman–Crippen LogP) is 3.86. The highest BCUT2D eigenvalue weighted by molar-refractivity contribution is 6.30. The van der Waals surface area contributed by atoms with Crippen LogP contribution < -0.4 is 5.32 Å². The van der Waals surface area contributed by atoms with Gasteiger partial charge >= 0.3 is 5.97 Å². The summed E-state index contributed by atoms with van der Waals surface area (Å²) >= 11 is 5.95. The third-order valence-electron chi connectivity index (χ3n) is 3.87. The minimum absolute atomic E-state index is 0.238. The van der Waals surface area contributed by atoms with Crippen molar-refractivity contribution in [3.8, 4) is 0 Å². The summed E-state index contributed by atoms with van der Waals surface area (Å²) in [5.41, 5.74) is 2.13. The first-order valence-corrected chi connectivity index (χ1v) is 8.20. The number of amides is 1. The number of rotatable bonds is 5. The average molecular weight is 357 g/mol. The minimum Gasteiger partial charge on any atom is -0.452 e. The SMILES string of the molecule is C[C@H](NC(=O)COC(=O)c1c[nH]c2ccccc12)c1cccc(Cl)c1. The van der Waals surface area contributed by atoms with Crippen molar-refractivity contribution in [1.82, 2.24) is 10.3 Å². The van der Waals surface area contributed by atoms with Gasteiger partial charge in [-0.05, 0) is 30.7 Å². The molecule has 3 aromatic rings. The first-order chi connectivity index (χ1) is 12.0. The highest BCUT2D eigenvalue weighted by Crippen LogP contribution is 2.19. The first kappa shape index (κ1) is 17.0. The Morgan fingerprint density at radius 3 is 2.80 bits per heavy atom. The van der Waals surface area contributed by atoms with Crippen LogP contribution in [0.2, 0.25) is 5.02 Å². The summed E-state index contributed by atoms with van der Waals surface area (Å²) in [7, 11) is 0. The number of hydrogen-bond donors (Lipinski definition) is 2. The zero-order valence-electron chi connectivity index (χ0n) is 13.6. The van der Waals surface area contributed by atoms with E-state index in [1.54, 1.807) is 18.3 Å². The number of carbonyl (C=O) groups is 2. The van der Waals surface area contributed by atoms with E-state index < -0.39 is 5.97 Å². The molecule has 128 valence electrons. The predicted molar refractivity (Wildman–Crippen MR) is 96.6 cm³/mol. The van der Waals surface area contributed by atoms with Crippen LogP contribution in [0.3, 0.4) is 0 Å². The molecule has 0 fully saturated rings. The number of ether oxygens (including phenoxy) is 1. The van der Waals surface area contributed by atoms with Crippen molar-refractivity contribution in [3.63, 3.8) is 0 Å². The fourth-order valence-corrected chi connectivity index (χ4v) is 2.79. The number of fused-ring (bicyclic) bond motifs is 1. The molecule has 5 nitrogen and oxygen atoms in total. The minimum atomic E-state index is -0.539. The van der Waals surface area contributed by atoms with Crippen molar-refractivity contribution in [2.45, 2.75) is 13.0 Å². The van der Waals surface area contributed by atoms with Gasteiger partial charge in [0, 0.05) is 22.1 Å². The molecule has 2 N–H and O–H groups in total. The Hall–Kier alpha value is -2.79. The Balaban J connectivity index is 1.57. The third-order valence-corrected chi connectivity index (χ3v) is 4.10. The number of carbonyl (C=O) groups excluding carboxylic acids is 2. The van der Waals surface area contributed by atoms with Gasteiger partial charge in [-0.1, -0.05) is 41.9 Å². The summed E-state index contributed by atoms with van der Waals surface area (Å²) in [5, 5.41) is 4.14. The van der Waals surface area contributed by atoms with Crippen LogP contribution in [-0.2, 0) is 9.53 Å². The van der Waals surface area contributed by atoms with Gasteiger partial charge in [0.05, 0.1) is 11.6 Å². The van der Waals surface area contributed by atoms with Gasteiger partial charge in [0.1, 0.15) is 0 Å². The highest BCUT2D eigenvalue weighted by atomic mass is 35.5. The molecular weight excluding hydrogens is 340 g/mol. The number of hydrogen-bond acceptors (Lipinski definition) is 3. The zero-order valence-corrected chi connectivity index (χ0v) is 14.3. The Bertz CT molecular complexity index is 920. The van der Waals surface area contributed by atoms with Crippen LogP contribution in [0.25, 0.3) is 10.9 Å². The Morgan fingerprint density at radius 1 is 1.20 bits per heavy atom. The molecule has 6 heteroatoms. The number of aromatic amines is 1. The van der Waals surface area contributed by atoms with Crippen molar-refractivity contribution >= 4 is 34.4 Å². The number of esters is 1. The molecule has 0 aliphatic carbocycles. The molecule has 0 spiro atoms.